The highest BCUT2D eigenvalue weighted by molar-refractivity contribution is 7.90. The van der Waals surface area contributed by atoms with Crippen LogP contribution in [0.25, 0.3) is 38.9 Å². The highest BCUT2D eigenvalue weighted by atomic mass is 35.5. The third kappa shape index (κ3) is 4.28. The van der Waals surface area contributed by atoms with E-state index in [0.29, 0.717) is 44.2 Å². The number of methoxy groups -OCH3 is 1. The molecule has 6 rings (SSSR count). The molecule has 4 aromatic heterocycles. The Balaban J connectivity index is 1.55. The zero-order valence-electron chi connectivity index (χ0n) is 21.5. The Hall–Kier alpha value is -4.62. The average Bonchev–Trinajstić information content (AvgIpc) is 3.52. The SMILES string of the molecule is COc1ncc(-c2nn(C(C)c3nn(-c4cccc(S(C)(=O)=O)c4)c4cc(Cl)ccc34)c3ncnc(N)c23)cn1. The van der Waals surface area contributed by atoms with Gasteiger partial charge in [-0.3, -0.25) is 0 Å². The topological polar surface area (TPSA) is 157 Å². The molecule has 0 aliphatic heterocycles. The predicted molar refractivity (Wildman–Crippen MR) is 150 cm³/mol. The Labute approximate surface area is 233 Å². The van der Waals surface area contributed by atoms with E-state index in [9.17, 15) is 8.42 Å². The van der Waals surface area contributed by atoms with E-state index in [1.54, 1.807) is 58.2 Å². The smallest absolute Gasteiger partial charge is 0.316 e. The van der Waals surface area contributed by atoms with Crippen molar-refractivity contribution < 1.29 is 13.2 Å². The van der Waals surface area contributed by atoms with E-state index >= 15 is 0 Å². The van der Waals surface area contributed by atoms with Crippen LogP contribution in [0.15, 0.2) is 66.1 Å². The molecule has 202 valence electrons. The molecule has 0 spiro atoms. The van der Waals surface area contributed by atoms with Crippen molar-refractivity contribution in [3.63, 3.8) is 0 Å². The molecule has 1 unspecified atom stereocenters. The summed E-state index contributed by atoms with van der Waals surface area (Å²) in [5.74, 6) is 0.258. The number of hydrogen-bond acceptors (Lipinski definition) is 10. The maximum absolute atomic E-state index is 12.2. The Morgan fingerprint density at radius 3 is 2.52 bits per heavy atom. The van der Waals surface area contributed by atoms with Crippen molar-refractivity contribution in [2.24, 2.45) is 0 Å². The van der Waals surface area contributed by atoms with Crippen LogP contribution in [-0.4, -0.2) is 61.3 Å². The number of ether oxygens (including phenoxy) is 1. The number of benzene rings is 2. The number of nitrogens with zero attached hydrogens (tertiary/aromatic N) is 8. The summed E-state index contributed by atoms with van der Waals surface area (Å²) in [5.41, 5.74) is 9.84. The number of nitrogens with two attached hydrogens (primary N) is 1. The molecular weight excluding hydrogens is 554 g/mol. The first-order valence-electron chi connectivity index (χ1n) is 12.0. The highest BCUT2D eigenvalue weighted by Crippen LogP contribution is 2.35. The standard InChI is InChI=1S/C26H22ClN9O3S/c1-14(35-25-21(24(28)31-13-32-25)23(34-35)15-11-29-26(39-2)30-12-15)22-19-8-7-16(27)9-20(19)36(33-22)17-5-4-6-18(10-17)40(3,37)38/h4-14H,1-3H3,(H2,28,31,32). The van der Waals surface area contributed by atoms with Crippen molar-refractivity contribution in [1.29, 1.82) is 0 Å². The third-order valence-corrected chi connectivity index (χ3v) is 7.87. The van der Waals surface area contributed by atoms with Gasteiger partial charge in [-0.1, -0.05) is 17.7 Å². The van der Waals surface area contributed by atoms with Gasteiger partial charge in [0.2, 0.25) is 0 Å². The fourth-order valence-corrected chi connectivity index (χ4v) is 5.42. The zero-order valence-corrected chi connectivity index (χ0v) is 23.1. The summed E-state index contributed by atoms with van der Waals surface area (Å²) in [5, 5.41) is 11.7. The van der Waals surface area contributed by atoms with Gasteiger partial charge < -0.3 is 10.5 Å². The first-order valence-corrected chi connectivity index (χ1v) is 14.3. The quantitative estimate of drug-likeness (QED) is 0.309. The summed E-state index contributed by atoms with van der Waals surface area (Å²) in [6.07, 6.45) is 5.73. The Kier molecular flexibility index (Phi) is 6.11. The van der Waals surface area contributed by atoms with Crippen LogP contribution in [0.2, 0.25) is 5.02 Å². The van der Waals surface area contributed by atoms with Crippen molar-refractivity contribution in [3.05, 3.63) is 71.9 Å². The van der Waals surface area contributed by atoms with Crippen LogP contribution < -0.4 is 10.5 Å². The monoisotopic (exact) mass is 575 g/mol. The zero-order chi connectivity index (χ0) is 28.2. The van der Waals surface area contributed by atoms with Crippen LogP contribution in [0.1, 0.15) is 18.7 Å². The minimum atomic E-state index is -3.43. The molecule has 6 aromatic rings. The first kappa shape index (κ1) is 25.6. The number of sulfone groups is 1. The Morgan fingerprint density at radius 2 is 1.80 bits per heavy atom. The van der Waals surface area contributed by atoms with Gasteiger partial charge in [0.1, 0.15) is 17.8 Å². The van der Waals surface area contributed by atoms with Gasteiger partial charge in [0.05, 0.1) is 40.3 Å². The first-order chi connectivity index (χ1) is 19.2. The number of aromatic nitrogens is 8. The number of halogens is 1. The molecule has 2 aromatic carbocycles. The third-order valence-electron chi connectivity index (χ3n) is 6.53. The molecule has 0 saturated carbocycles. The van der Waals surface area contributed by atoms with E-state index < -0.39 is 15.9 Å². The highest BCUT2D eigenvalue weighted by Gasteiger charge is 2.25. The normalized spacial score (nSPS) is 12.7. The fraction of sp³-hybridized carbons (Fsp3) is 0.154. The molecule has 0 aliphatic rings. The van der Waals surface area contributed by atoms with Crippen LogP contribution in [0.5, 0.6) is 6.01 Å². The van der Waals surface area contributed by atoms with Crippen LogP contribution in [0.3, 0.4) is 0 Å². The molecular formula is C26H22ClN9O3S. The van der Waals surface area contributed by atoms with Crippen LogP contribution in [-0.2, 0) is 9.84 Å². The number of hydrogen-bond donors (Lipinski definition) is 1. The minimum Gasteiger partial charge on any atom is -0.467 e. The maximum atomic E-state index is 12.2. The number of anilines is 1. The predicted octanol–water partition coefficient (Wildman–Crippen LogP) is 3.88. The molecule has 1 atom stereocenters. The second-order valence-electron chi connectivity index (χ2n) is 9.11. The summed E-state index contributed by atoms with van der Waals surface area (Å²) >= 11 is 6.37. The number of fused-ring (bicyclic) bond motifs is 2. The maximum Gasteiger partial charge on any atom is 0.316 e. The van der Waals surface area contributed by atoms with Crippen molar-refractivity contribution in [1.82, 2.24) is 39.5 Å². The van der Waals surface area contributed by atoms with Gasteiger partial charge >= 0.3 is 6.01 Å². The van der Waals surface area contributed by atoms with Gasteiger partial charge in [-0.05, 0) is 43.3 Å². The van der Waals surface area contributed by atoms with Crippen molar-refractivity contribution in [3.8, 4) is 23.0 Å². The lowest BCUT2D eigenvalue weighted by molar-refractivity contribution is 0.380. The van der Waals surface area contributed by atoms with Crippen LogP contribution >= 0.6 is 11.6 Å². The molecule has 0 bridgehead atoms. The second-order valence-corrected chi connectivity index (χ2v) is 11.6. The summed E-state index contributed by atoms with van der Waals surface area (Å²) < 4.78 is 33.0. The van der Waals surface area contributed by atoms with Crippen molar-refractivity contribution in [2.45, 2.75) is 17.9 Å². The second kappa shape index (κ2) is 9.54. The van der Waals surface area contributed by atoms with Gasteiger partial charge in [-0.2, -0.15) is 10.2 Å². The summed E-state index contributed by atoms with van der Waals surface area (Å²) in [4.78, 5) is 17.2. The molecule has 14 heteroatoms. The van der Waals surface area contributed by atoms with Crippen molar-refractivity contribution in [2.75, 3.05) is 19.1 Å². The molecule has 4 heterocycles. The Bertz CT molecular complexity index is 2020. The van der Waals surface area contributed by atoms with Crippen LogP contribution in [0.4, 0.5) is 5.82 Å². The van der Waals surface area contributed by atoms with E-state index in [1.165, 1.54) is 19.7 Å². The van der Waals surface area contributed by atoms with Gasteiger partial charge in [0.25, 0.3) is 0 Å². The molecule has 0 radical (unpaired) electrons. The van der Waals surface area contributed by atoms with Crippen LogP contribution in [0, 0.1) is 0 Å². The van der Waals surface area contributed by atoms with Gasteiger partial charge in [-0.15, -0.1) is 0 Å². The molecule has 2 N–H and O–H groups in total. The number of nitrogen functional groups attached to an aromatic ring is 1. The van der Waals surface area contributed by atoms with Gasteiger partial charge in [0.15, 0.2) is 15.5 Å². The lowest BCUT2D eigenvalue weighted by Crippen LogP contribution is -2.11. The van der Waals surface area contributed by atoms with E-state index in [2.05, 4.69) is 19.9 Å². The summed E-state index contributed by atoms with van der Waals surface area (Å²) in [7, 11) is -1.94. The molecule has 12 nitrogen and oxygen atoms in total. The minimum absolute atomic E-state index is 0.182. The molecule has 0 amide bonds. The number of rotatable bonds is 6. The van der Waals surface area contributed by atoms with Gasteiger partial charge in [-0.25, -0.2) is 37.7 Å². The summed E-state index contributed by atoms with van der Waals surface area (Å²) in [6, 6.07) is 11.8. The molecule has 0 fully saturated rings. The summed E-state index contributed by atoms with van der Waals surface area (Å²) in [6.45, 7) is 1.94. The van der Waals surface area contributed by atoms with E-state index in [-0.39, 0.29) is 16.7 Å². The van der Waals surface area contributed by atoms with Crippen molar-refractivity contribution >= 4 is 49.2 Å². The molecule has 0 saturated heterocycles. The molecule has 40 heavy (non-hydrogen) atoms. The molecule has 0 aliphatic carbocycles. The largest absolute Gasteiger partial charge is 0.467 e. The average molecular weight is 576 g/mol. The lowest BCUT2D eigenvalue weighted by atomic mass is 10.1. The van der Waals surface area contributed by atoms with Gasteiger partial charge in [0, 0.05) is 34.6 Å². The lowest BCUT2D eigenvalue weighted by Gasteiger charge is -2.11. The fourth-order valence-electron chi connectivity index (χ4n) is 4.59. The van der Waals surface area contributed by atoms with E-state index in [4.69, 9.17) is 32.3 Å². The Morgan fingerprint density at radius 1 is 1.02 bits per heavy atom. The van der Waals surface area contributed by atoms with E-state index in [1.807, 2.05) is 13.0 Å². The van der Waals surface area contributed by atoms with E-state index in [0.717, 1.165) is 5.39 Å².